The monoisotopic (exact) mass is 206 g/mol. The van der Waals surface area contributed by atoms with Crippen LogP contribution in [0, 0.1) is 0 Å². The fourth-order valence-electron chi connectivity index (χ4n) is 1.31. The average Bonchev–Trinajstić information content (AvgIpc) is 2.47. The molecule has 14 heavy (non-hydrogen) atoms. The van der Waals surface area contributed by atoms with Gasteiger partial charge in [-0.1, -0.05) is 20.8 Å². The molecule has 2 aromatic heterocycles. The Labute approximate surface area is 88.4 Å². The summed E-state index contributed by atoms with van der Waals surface area (Å²) in [6.45, 7) is 6.65. The molecular weight excluding hydrogens is 192 g/mol. The zero-order valence-electron chi connectivity index (χ0n) is 8.69. The largest absolute Gasteiger partial charge is 0.306 e. The molecule has 0 saturated carbocycles. The van der Waals surface area contributed by atoms with Gasteiger partial charge in [-0.25, -0.2) is 4.98 Å². The second-order valence-electron chi connectivity index (χ2n) is 4.27. The van der Waals surface area contributed by atoms with Crippen LogP contribution in [-0.2, 0) is 0 Å². The molecule has 0 aliphatic carbocycles. The zero-order chi connectivity index (χ0) is 10.2. The number of fused-ring (bicyclic) bond motifs is 1. The van der Waals surface area contributed by atoms with E-state index in [4.69, 9.17) is 0 Å². The molecule has 2 nitrogen and oxygen atoms in total. The van der Waals surface area contributed by atoms with Gasteiger partial charge in [0.15, 0.2) is 0 Å². The van der Waals surface area contributed by atoms with Gasteiger partial charge in [-0.15, -0.1) is 11.8 Å². The molecule has 2 rings (SSSR count). The zero-order valence-corrected chi connectivity index (χ0v) is 9.51. The van der Waals surface area contributed by atoms with Gasteiger partial charge in [0.2, 0.25) is 0 Å². The van der Waals surface area contributed by atoms with Gasteiger partial charge in [0.05, 0.1) is 0 Å². The van der Waals surface area contributed by atoms with Gasteiger partial charge in [-0.2, -0.15) is 0 Å². The Kier molecular flexibility index (Phi) is 2.27. The third kappa shape index (κ3) is 2.10. The van der Waals surface area contributed by atoms with E-state index in [2.05, 4.69) is 38.0 Å². The molecule has 2 heterocycles. The molecule has 2 aromatic rings. The van der Waals surface area contributed by atoms with Crippen molar-refractivity contribution in [2.24, 2.45) is 0 Å². The van der Waals surface area contributed by atoms with Crippen molar-refractivity contribution in [3.05, 3.63) is 30.7 Å². The van der Waals surface area contributed by atoms with Gasteiger partial charge in [0, 0.05) is 28.2 Å². The van der Waals surface area contributed by atoms with E-state index >= 15 is 0 Å². The molecule has 0 amide bonds. The lowest BCUT2D eigenvalue weighted by molar-refractivity contribution is 0.802. The lowest BCUT2D eigenvalue weighted by Crippen LogP contribution is -2.06. The number of hydrogen-bond donors (Lipinski definition) is 0. The van der Waals surface area contributed by atoms with E-state index in [9.17, 15) is 0 Å². The standard InChI is InChI=1S/C11H14N2S/c1-11(2,3)14-9-4-5-10-12-6-7-13(10)8-9/h4-8H,1-3H3. The van der Waals surface area contributed by atoms with Crippen molar-refractivity contribution in [1.82, 2.24) is 9.38 Å². The maximum absolute atomic E-state index is 4.21. The summed E-state index contributed by atoms with van der Waals surface area (Å²) in [4.78, 5) is 5.49. The third-order valence-corrected chi connectivity index (χ3v) is 2.88. The molecular formula is C11H14N2S. The summed E-state index contributed by atoms with van der Waals surface area (Å²) in [5.41, 5.74) is 1.00. The van der Waals surface area contributed by atoms with Gasteiger partial charge in [-0.05, 0) is 12.1 Å². The van der Waals surface area contributed by atoms with Crippen LogP contribution in [0.3, 0.4) is 0 Å². The fourth-order valence-corrected chi connectivity index (χ4v) is 2.32. The predicted molar refractivity (Wildman–Crippen MR) is 60.8 cm³/mol. The minimum Gasteiger partial charge on any atom is -0.306 e. The summed E-state index contributed by atoms with van der Waals surface area (Å²) < 4.78 is 2.31. The maximum Gasteiger partial charge on any atom is 0.136 e. The lowest BCUT2D eigenvalue weighted by Gasteiger charge is -2.17. The van der Waals surface area contributed by atoms with Crippen LogP contribution in [0.15, 0.2) is 35.6 Å². The highest BCUT2D eigenvalue weighted by atomic mass is 32.2. The first-order valence-electron chi connectivity index (χ1n) is 4.66. The van der Waals surface area contributed by atoms with E-state index in [0.29, 0.717) is 0 Å². The number of aromatic nitrogens is 2. The molecule has 0 aliphatic heterocycles. The van der Waals surface area contributed by atoms with Crippen LogP contribution < -0.4 is 0 Å². The number of imidazole rings is 1. The van der Waals surface area contributed by atoms with Gasteiger partial charge < -0.3 is 4.40 Å². The summed E-state index contributed by atoms with van der Waals surface area (Å²) in [6.07, 6.45) is 5.92. The van der Waals surface area contributed by atoms with Crippen molar-refractivity contribution in [2.75, 3.05) is 0 Å². The van der Waals surface area contributed by atoms with Crippen molar-refractivity contribution in [2.45, 2.75) is 30.4 Å². The van der Waals surface area contributed by atoms with Crippen LogP contribution >= 0.6 is 11.8 Å². The smallest absolute Gasteiger partial charge is 0.136 e. The molecule has 0 bridgehead atoms. The first kappa shape index (κ1) is 9.59. The van der Waals surface area contributed by atoms with Crippen LogP contribution in [-0.4, -0.2) is 14.1 Å². The summed E-state index contributed by atoms with van der Waals surface area (Å²) >= 11 is 1.87. The van der Waals surface area contributed by atoms with Crippen molar-refractivity contribution < 1.29 is 0 Å². The summed E-state index contributed by atoms with van der Waals surface area (Å²) in [5.74, 6) is 0. The van der Waals surface area contributed by atoms with Gasteiger partial charge in [0.25, 0.3) is 0 Å². The Hall–Kier alpha value is -0.960. The molecule has 0 aromatic carbocycles. The Bertz CT molecular complexity index is 440. The van der Waals surface area contributed by atoms with Gasteiger partial charge in [0.1, 0.15) is 5.65 Å². The number of rotatable bonds is 1. The lowest BCUT2D eigenvalue weighted by atomic mass is 10.3. The van der Waals surface area contributed by atoms with Crippen LogP contribution in [0.1, 0.15) is 20.8 Å². The normalized spacial score (nSPS) is 12.2. The quantitative estimate of drug-likeness (QED) is 0.666. The third-order valence-electron chi connectivity index (χ3n) is 1.79. The van der Waals surface area contributed by atoms with Crippen molar-refractivity contribution in [1.29, 1.82) is 0 Å². The molecule has 0 N–H and O–H groups in total. The van der Waals surface area contributed by atoms with Gasteiger partial charge >= 0.3 is 0 Å². The SMILES string of the molecule is CC(C)(C)Sc1ccc2nccn2c1. The number of hydrogen-bond acceptors (Lipinski definition) is 2. The van der Waals surface area contributed by atoms with E-state index in [0.717, 1.165) is 5.65 Å². The van der Waals surface area contributed by atoms with E-state index < -0.39 is 0 Å². The minimum atomic E-state index is 0.258. The first-order valence-corrected chi connectivity index (χ1v) is 5.48. The van der Waals surface area contributed by atoms with E-state index in [1.807, 2.05) is 34.6 Å². The van der Waals surface area contributed by atoms with Crippen LogP contribution in [0.2, 0.25) is 0 Å². The Morgan fingerprint density at radius 1 is 1.29 bits per heavy atom. The molecule has 0 aliphatic rings. The second kappa shape index (κ2) is 3.31. The summed E-state index contributed by atoms with van der Waals surface area (Å²) in [7, 11) is 0. The molecule has 3 heteroatoms. The van der Waals surface area contributed by atoms with E-state index in [-0.39, 0.29) is 4.75 Å². The first-order chi connectivity index (χ1) is 6.54. The molecule has 0 atom stereocenters. The minimum absolute atomic E-state index is 0.258. The van der Waals surface area contributed by atoms with Crippen LogP contribution in [0.5, 0.6) is 0 Å². The summed E-state index contributed by atoms with van der Waals surface area (Å²) in [6, 6.07) is 4.17. The topological polar surface area (TPSA) is 17.3 Å². The number of nitrogens with zero attached hydrogens (tertiary/aromatic N) is 2. The molecule has 0 saturated heterocycles. The highest BCUT2D eigenvalue weighted by molar-refractivity contribution is 8.00. The Morgan fingerprint density at radius 3 is 2.79 bits per heavy atom. The van der Waals surface area contributed by atoms with Crippen LogP contribution in [0.4, 0.5) is 0 Å². The van der Waals surface area contributed by atoms with E-state index in [1.165, 1.54) is 4.90 Å². The Balaban J connectivity index is 2.35. The molecule has 0 unspecified atom stereocenters. The second-order valence-corrected chi connectivity index (χ2v) is 6.17. The van der Waals surface area contributed by atoms with Gasteiger partial charge in [-0.3, -0.25) is 0 Å². The number of thioether (sulfide) groups is 1. The molecule has 0 spiro atoms. The average molecular weight is 206 g/mol. The van der Waals surface area contributed by atoms with E-state index in [1.54, 1.807) is 0 Å². The predicted octanol–water partition coefficient (Wildman–Crippen LogP) is 3.22. The highest BCUT2D eigenvalue weighted by Crippen LogP contribution is 2.31. The maximum atomic E-state index is 4.21. The molecule has 74 valence electrons. The molecule has 0 radical (unpaired) electrons. The van der Waals surface area contributed by atoms with Crippen molar-refractivity contribution in [3.8, 4) is 0 Å². The van der Waals surface area contributed by atoms with Crippen molar-refractivity contribution >= 4 is 17.4 Å². The fraction of sp³-hybridized carbons (Fsp3) is 0.364. The Morgan fingerprint density at radius 2 is 2.07 bits per heavy atom. The number of pyridine rings is 1. The van der Waals surface area contributed by atoms with Crippen LogP contribution in [0.25, 0.3) is 5.65 Å². The summed E-state index contributed by atoms with van der Waals surface area (Å²) in [5, 5.41) is 0. The molecule has 0 fully saturated rings. The van der Waals surface area contributed by atoms with Crippen molar-refractivity contribution in [3.63, 3.8) is 0 Å². The highest BCUT2D eigenvalue weighted by Gasteiger charge is 2.12.